The van der Waals surface area contributed by atoms with Crippen LogP contribution in [0.15, 0.2) is 18.2 Å². The van der Waals surface area contributed by atoms with Crippen molar-refractivity contribution in [2.24, 2.45) is 0 Å². The second kappa shape index (κ2) is 7.65. The number of ether oxygens (including phenoxy) is 2. The monoisotopic (exact) mass is 279 g/mol. The summed E-state index contributed by atoms with van der Waals surface area (Å²) < 4.78 is 11.5. The molecule has 1 unspecified atom stereocenters. The Hall–Kier alpha value is -1.06. The third-order valence-electron chi connectivity index (χ3n) is 3.51. The lowest BCUT2D eigenvalue weighted by molar-refractivity contribution is -0.0396. The normalized spacial score (nSPS) is 13.3. The zero-order chi connectivity index (χ0) is 15.2. The predicted molar refractivity (Wildman–Crippen MR) is 84.5 cm³/mol. The third kappa shape index (κ3) is 4.22. The molecule has 0 radical (unpaired) electrons. The van der Waals surface area contributed by atoms with E-state index in [1.54, 1.807) is 7.11 Å². The molecule has 0 aliphatic rings. The molecule has 0 aliphatic heterocycles. The quantitative estimate of drug-likeness (QED) is 0.784. The number of hydrogen-bond acceptors (Lipinski definition) is 3. The van der Waals surface area contributed by atoms with Crippen LogP contribution in [0.2, 0.25) is 0 Å². The minimum Gasteiger partial charge on any atom is -0.496 e. The van der Waals surface area contributed by atoms with Gasteiger partial charge < -0.3 is 14.8 Å². The minimum absolute atomic E-state index is 0.109. The standard InChI is InChI=1S/C17H29NO2/c1-7-11-18-16(17(4,5)20-8-2)14-12-13(3)9-10-15(14)19-6/h9-10,12,16,18H,7-8,11H2,1-6H3. The van der Waals surface area contributed by atoms with Crippen molar-refractivity contribution in [1.29, 1.82) is 0 Å². The van der Waals surface area contributed by atoms with Gasteiger partial charge in [-0.2, -0.15) is 0 Å². The molecule has 0 saturated heterocycles. The Labute approximate surface area is 123 Å². The average Bonchev–Trinajstić information content (AvgIpc) is 2.39. The minimum atomic E-state index is -0.287. The fourth-order valence-electron chi connectivity index (χ4n) is 2.55. The van der Waals surface area contributed by atoms with Gasteiger partial charge in [-0.3, -0.25) is 0 Å². The summed E-state index contributed by atoms with van der Waals surface area (Å²) in [6.07, 6.45) is 1.09. The van der Waals surface area contributed by atoms with E-state index in [2.05, 4.69) is 45.1 Å². The van der Waals surface area contributed by atoms with Crippen LogP contribution in [-0.4, -0.2) is 25.9 Å². The van der Waals surface area contributed by atoms with Crippen molar-refractivity contribution < 1.29 is 9.47 Å². The van der Waals surface area contributed by atoms with Gasteiger partial charge >= 0.3 is 0 Å². The third-order valence-corrected chi connectivity index (χ3v) is 3.51. The van der Waals surface area contributed by atoms with Crippen LogP contribution in [0, 0.1) is 6.92 Å². The molecule has 0 amide bonds. The Balaban J connectivity index is 3.18. The van der Waals surface area contributed by atoms with Crippen LogP contribution in [0.3, 0.4) is 0 Å². The lowest BCUT2D eigenvalue weighted by Gasteiger charge is -2.36. The smallest absolute Gasteiger partial charge is 0.123 e. The number of benzene rings is 1. The molecule has 1 atom stereocenters. The second-order valence-electron chi connectivity index (χ2n) is 5.67. The summed E-state index contributed by atoms with van der Waals surface area (Å²) >= 11 is 0. The van der Waals surface area contributed by atoms with Crippen LogP contribution in [0.5, 0.6) is 5.75 Å². The maximum atomic E-state index is 5.96. The van der Waals surface area contributed by atoms with Crippen molar-refractivity contribution in [3.63, 3.8) is 0 Å². The summed E-state index contributed by atoms with van der Waals surface area (Å²) in [5, 5.41) is 3.61. The number of hydrogen-bond donors (Lipinski definition) is 1. The fraction of sp³-hybridized carbons (Fsp3) is 0.647. The first-order valence-corrected chi connectivity index (χ1v) is 7.48. The van der Waals surface area contributed by atoms with E-state index in [1.165, 1.54) is 11.1 Å². The summed E-state index contributed by atoms with van der Waals surface area (Å²) in [4.78, 5) is 0. The highest BCUT2D eigenvalue weighted by atomic mass is 16.5. The number of aryl methyl sites for hydroxylation is 1. The Morgan fingerprint density at radius 3 is 2.50 bits per heavy atom. The molecule has 0 aromatic heterocycles. The van der Waals surface area contributed by atoms with E-state index >= 15 is 0 Å². The zero-order valence-corrected chi connectivity index (χ0v) is 13.7. The highest BCUT2D eigenvalue weighted by Crippen LogP contribution is 2.35. The first-order chi connectivity index (χ1) is 9.46. The average molecular weight is 279 g/mol. The summed E-state index contributed by atoms with van der Waals surface area (Å²) in [5.41, 5.74) is 2.11. The molecule has 1 aromatic carbocycles. The zero-order valence-electron chi connectivity index (χ0n) is 13.7. The molecule has 1 rings (SSSR count). The van der Waals surface area contributed by atoms with E-state index in [0.717, 1.165) is 18.7 Å². The van der Waals surface area contributed by atoms with Crippen LogP contribution in [0.4, 0.5) is 0 Å². The Bertz CT molecular complexity index is 415. The van der Waals surface area contributed by atoms with E-state index < -0.39 is 0 Å². The summed E-state index contributed by atoms with van der Waals surface area (Å²) in [5.74, 6) is 0.914. The number of rotatable bonds is 8. The van der Waals surface area contributed by atoms with Gasteiger partial charge in [0.1, 0.15) is 5.75 Å². The van der Waals surface area contributed by atoms with Crippen molar-refractivity contribution in [3.05, 3.63) is 29.3 Å². The van der Waals surface area contributed by atoms with Crippen molar-refractivity contribution >= 4 is 0 Å². The summed E-state index contributed by atoms with van der Waals surface area (Å²) in [6.45, 7) is 12.2. The molecule has 20 heavy (non-hydrogen) atoms. The van der Waals surface area contributed by atoms with E-state index in [9.17, 15) is 0 Å². The number of methoxy groups -OCH3 is 1. The Morgan fingerprint density at radius 2 is 1.95 bits per heavy atom. The molecule has 1 N–H and O–H groups in total. The van der Waals surface area contributed by atoms with Gasteiger partial charge in [0.2, 0.25) is 0 Å². The molecule has 0 heterocycles. The van der Waals surface area contributed by atoms with Crippen molar-refractivity contribution in [2.45, 2.75) is 52.7 Å². The summed E-state index contributed by atoms with van der Waals surface area (Å²) in [7, 11) is 1.72. The highest BCUT2D eigenvalue weighted by Gasteiger charge is 2.33. The van der Waals surface area contributed by atoms with Gasteiger partial charge in [-0.25, -0.2) is 0 Å². The molecule has 0 aliphatic carbocycles. The molecule has 0 fully saturated rings. The largest absolute Gasteiger partial charge is 0.496 e. The molecule has 114 valence electrons. The topological polar surface area (TPSA) is 30.5 Å². The van der Waals surface area contributed by atoms with Crippen molar-refractivity contribution in [3.8, 4) is 5.75 Å². The maximum Gasteiger partial charge on any atom is 0.123 e. The number of nitrogens with one attached hydrogen (secondary N) is 1. The first kappa shape index (κ1) is 17.0. The molecule has 1 aromatic rings. The SMILES string of the molecule is CCCNC(c1cc(C)ccc1OC)C(C)(C)OCC. The van der Waals surface area contributed by atoms with Crippen LogP contribution in [0.1, 0.15) is 51.3 Å². The Morgan fingerprint density at radius 1 is 1.25 bits per heavy atom. The van der Waals surface area contributed by atoms with Gasteiger partial charge in [-0.15, -0.1) is 0 Å². The molecule has 3 heteroatoms. The lowest BCUT2D eigenvalue weighted by atomic mass is 9.89. The molecule has 0 saturated carbocycles. The molecule has 0 spiro atoms. The van der Waals surface area contributed by atoms with E-state index in [0.29, 0.717) is 6.61 Å². The molecule has 0 bridgehead atoms. The first-order valence-electron chi connectivity index (χ1n) is 7.48. The molecule has 3 nitrogen and oxygen atoms in total. The van der Waals surface area contributed by atoms with Crippen molar-refractivity contribution in [1.82, 2.24) is 5.32 Å². The van der Waals surface area contributed by atoms with Gasteiger partial charge in [0.05, 0.1) is 18.8 Å². The van der Waals surface area contributed by atoms with Gasteiger partial charge in [-0.05, 0) is 46.7 Å². The van der Waals surface area contributed by atoms with Crippen LogP contribution >= 0.6 is 0 Å². The predicted octanol–water partition coefficient (Wildman–Crippen LogP) is 3.86. The van der Waals surface area contributed by atoms with Crippen LogP contribution in [-0.2, 0) is 4.74 Å². The molecular weight excluding hydrogens is 250 g/mol. The van der Waals surface area contributed by atoms with Crippen LogP contribution in [0.25, 0.3) is 0 Å². The van der Waals surface area contributed by atoms with Gasteiger partial charge in [0.15, 0.2) is 0 Å². The van der Waals surface area contributed by atoms with E-state index in [4.69, 9.17) is 9.47 Å². The van der Waals surface area contributed by atoms with Crippen LogP contribution < -0.4 is 10.1 Å². The van der Waals surface area contributed by atoms with Gasteiger partial charge in [0, 0.05) is 12.2 Å². The second-order valence-corrected chi connectivity index (χ2v) is 5.67. The van der Waals surface area contributed by atoms with Gasteiger partial charge in [-0.1, -0.05) is 24.6 Å². The fourth-order valence-corrected chi connectivity index (χ4v) is 2.55. The lowest BCUT2D eigenvalue weighted by Crippen LogP contribution is -2.42. The maximum absolute atomic E-state index is 5.96. The summed E-state index contributed by atoms with van der Waals surface area (Å²) in [6, 6.07) is 6.41. The highest BCUT2D eigenvalue weighted by molar-refractivity contribution is 5.40. The molecular formula is C17H29NO2. The van der Waals surface area contributed by atoms with Gasteiger partial charge in [0.25, 0.3) is 0 Å². The van der Waals surface area contributed by atoms with Crippen molar-refractivity contribution in [2.75, 3.05) is 20.3 Å². The van der Waals surface area contributed by atoms with E-state index in [1.807, 2.05) is 13.0 Å². The van der Waals surface area contributed by atoms with E-state index in [-0.39, 0.29) is 11.6 Å². The Kier molecular flexibility index (Phi) is 6.50.